The summed E-state index contributed by atoms with van der Waals surface area (Å²) in [5.41, 5.74) is 3.33. The van der Waals surface area contributed by atoms with Crippen LogP contribution in [0.15, 0.2) is 51.7 Å². The fourth-order valence-corrected chi connectivity index (χ4v) is 4.29. The van der Waals surface area contributed by atoms with E-state index in [2.05, 4.69) is 31.3 Å². The summed E-state index contributed by atoms with van der Waals surface area (Å²) in [6.07, 6.45) is 5.53. The summed E-state index contributed by atoms with van der Waals surface area (Å²) in [4.78, 5) is 26.1. The van der Waals surface area contributed by atoms with Crippen molar-refractivity contribution in [2.24, 2.45) is 0 Å². The number of carbonyl (C=O) groups is 1. The van der Waals surface area contributed by atoms with E-state index in [1.165, 1.54) is 12.0 Å². The summed E-state index contributed by atoms with van der Waals surface area (Å²) in [7, 11) is 0. The van der Waals surface area contributed by atoms with Crippen LogP contribution in [-0.2, 0) is 0 Å². The predicted molar refractivity (Wildman–Crippen MR) is 121 cm³/mol. The molecule has 0 saturated heterocycles. The first kappa shape index (κ1) is 20.4. The molecule has 1 amide bonds. The summed E-state index contributed by atoms with van der Waals surface area (Å²) in [6.45, 7) is 6.08. The molecule has 0 atom stereocenters. The predicted octanol–water partition coefficient (Wildman–Crippen LogP) is 5.95. The van der Waals surface area contributed by atoms with E-state index in [-0.39, 0.29) is 17.4 Å². The zero-order valence-electron chi connectivity index (χ0n) is 18.0. The number of benzene rings is 2. The number of nitrogens with one attached hydrogen (secondary N) is 1. The summed E-state index contributed by atoms with van der Waals surface area (Å²) in [5.74, 6) is 0.792. The van der Waals surface area contributed by atoms with E-state index in [0.29, 0.717) is 33.8 Å². The zero-order chi connectivity index (χ0) is 21.3. The third kappa shape index (κ3) is 3.91. The highest BCUT2D eigenvalue weighted by molar-refractivity contribution is 6.05. The van der Waals surface area contributed by atoms with Crippen LogP contribution in [0.1, 0.15) is 73.4 Å². The van der Waals surface area contributed by atoms with E-state index in [4.69, 9.17) is 4.42 Å². The van der Waals surface area contributed by atoms with Crippen LogP contribution in [0.2, 0.25) is 0 Å². The molecule has 4 heteroatoms. The molecule has 30 heavy (non-hydrogen) atoms. The first-order valence-corrected chi connectivity index (χ1v) is 10.9. The van der Waals surface area contributed by atoms with Gasteiger partial charge >= 0.3 is 0 Å². The van der Waals surface area contributed by atoms with Gasteiger partial charge in [-0.3, -0.25) is 9.59 Å². The monoisotopic (exact) mass is 403 g/mol. The molecule has 1 fully saturated rings. The average Bonchev–Trinajstić information content (AvgIpc) is 2.76. The lowest BCUT2D eigenvalue weighted by Gasteiger charge is -2.23. The summed E-state index contributed by atoms with van der Waals surface area (Å²) < 4.78 is 6.24. The van der Waals surface area contributed by atoms with Crippen LogP contribution in [0.5, 0.6) is 0 Å². The molecule has 0 spiro atoms. The fraction of sp³-hybridized carbons (Fsp3) is 0.385. The van der Waals surface area contributed by atoms with Crippen molar-refractivity contribution in [3.63, 3.8) is 0 Å². The first-order valence-electron chi connectivity index (χ1n) is 10.9. The van der Waals surface area contributed by atoms with Gasteiger partial charge in [-0.2, -0.15) is 0 Å². The van der Waals surface area contributed by atoms with Gasteiger partial charge in [0, 0.05) is 17.2 Å². The molecule has 1 saturated carbocycles. The van der Waals surface area contributed by atoms with Crippen LogP contribution >= 0.6 is 0 Å². The van der Waals surface area contributed by atoms with Gasteiger partial charge in [-0.15, -0.1) is 0 Å². The van der Waals surface area contributed by atoms with E-state index in [9.17, 15) is 9.59 Å². The van der Waals surface area contributed by atoms with Gasteiger partial charge in [0.1, 0.15) is 5.76 Å². The van der Waals surface area contributed by atoms with Crippen molar-refractivity contribution >= 4 is 16.9 Å². The standard InChI is InChI=1S/C26H29NO3/c1-16(2)18-12-14-19(15-13-18)24-17(3)23(28)21-10-7-11-22(25(21)30-24)26(29)27-20-8-5-4-6-9-20/h7,10-16,20H,4-6,8-9H2,1-3H3,(H,27,29). The molecule has 1 heterocycles. The topological polar surface area (TPSA) is 59.3 Å². The maximum Gasteiger partial charge on any atom is 0.255 e. The Balaban J connectivity index is 1.78. The number of fused-ring (bicyclic) bond motifs is 1. The highest BCUT2D eigenvalue weighted by atomic mass is 16.3. The highest BCUT2D eigenvalue weighted by Crippen LogP contribution is 2.29. The lowest BCUT2D eigenvalue weighted by Crippen LogP contribution is -2.36. The van der Waals surface area contributed by atoms with Gasteiger partial charge in [0.05, 0.1) is 10.9 Å². The largest absolute Gasteiger partial charge is 0.455 e. The number of carbonyl (C=O) groups excluding carboxylic acids is 1. The minimum Gasteiger partial charge on any atom is -0.455 e. The lowest BCUT2D eigenvalue weighted by molar-refractivity contribution is 0.0928. The number of hydrogen-bond donors (Lipinski definition) is 1. The number of para-hydroxylation sites is 1. The Hall–Kier alpha value is -2.88. The molecule has 0 bridgehead atoms. The van der Waals surface area contributed by atoms with Crippen LogP contribution in [0.4, 0.5) is 0 Å². The Morgan fingerprint density at radius 2 is 1.73 bits per heavy atom. The van der Waals surface area contributed by atoms with E-state index in [1.807, 2.05) is 12.1 Å². The van der Waals surface area contributed by atoms with E-state index in [1.54, 1.807) is 25.1 Å². The van der Waals surface area contributed by atoms with E-state index in [0.717, 1.165) is 31.2 Å². The maximum atomic E-state index is 13.1. The third-order valence-corrected chi connectivity index (χ3v) is 6.17. The average molecular weight is 404 g/mol. The second-order valence-corrected chi connectivity index (χ2v) is 8.65. The number of amides is 1. The van der Waals surface area contributed by atoms with Crippen molar-refractivity contribution in [3.05, 3.63) is 69.4 Å². The normalized spacial score (nSPS) is 14.9. The van der Waals surface area contributed by atoms with Gasteiger partial charge in [0.15, 0.2) is 11.0 Å². The summed E-state index contributed by atoms with van der Waals surface area (Å²) >= 11 is 0. The van der Waals surface area contributed by atoms with Crippen molar-refractivity contribution in [1.82, 2.24) is 5.32 Å². The lowest BCUT2D eigenvalue weighted by atomic mass is 9.95. The van der Waals surface area contributed by atoms with Crippen molar-refractivity contribution in [3.8, 4) is 11.3 Å². The number of rotatable bonds is 4. The fourth-order valence-electron chi connectivity index (χ4n) is 4.29. The molecule has 1 aromatic heterocycles. The molecule has 156 valence electrons. The summed E-state index contributed by atoms with van der Waals surface area (Å²) in [5, 5.41) is 3.59. The quantitative estimate of drug-likeness (QED) is 0.585. The van der Waals surface area contributed by atoms with Gasteiger partial charge in [0.25, 0.3) is 5.91 Å². The van der Waals surface area contributed by atoms with Gasteiger partial charge in [-0.1, -0.05) is 63.4 Å². The van der Waals surface area contributed by atoms with Crippen LogP contribution in [0, 0.1) is 6.92 Å². The van der Waals surface area contributed by atoms with Gasteiger partial charge in [-0.05, 0) is 43.4 Å². The smallest absolute Gasteiger partial charge is 0.255 e. The Bertz CT molecular complexity index is 1120. The minimum atomic E-state index is -0.166. The highest BCUT2D eigenvalue weighted by Gasteiger charge is 2.21. The molecule has 0 radical (unpaired) electrons. The Kier molecular flexibility index (Phi) is 5.76. The molecule has 1 aliphatic carbocycles. The second kappa shape index (κ2) is 8.47. The zero-order valence-corrected chi connectivity index (χ0v) is 18.0. The van der Waals surface area contributed by atoms with Crippen LogP contribution in [0.3, 0.4) is 0 Å². The van der Waals surface area contributed by atoms with Crippen LogP contribution in [0.25, 0.3) is 22.3 Å². The summed E-state index contributed by atoms with van der Waals surface area (Å²) in [6, 6.07) is 13.5. The van der Waals surface area contributed by atoms with Crippen LogP contribution < -0.4 is 10.7 Å². The number of hydrogen-bond acceptors (Lipinski definition) is 3. The Morgan fingerprint density at radius 3 is 2.40 bits per heavy atom. The maximum absolute atomic E-state index is 13.1. The van der Waals surface area contributed by atoms with Crippen molar-refractivity contribution < 1.29 is 9.21 Å². The van der Waals surface area contributed by atoms with E-state index < -0.39 is 0 Å². The molecule has 0 aliphatic heterocycles. The van der Waals surface area contributed by atoms with Crippen molar-refractivity contribution in [1.29, 1.82) is 0 Å². The van der Waals surface area contributed by atoms with Crippen molar-refractivity contribution in [2.75, 3.05) is 0 Å². The Labute approximate surface area is 177 Å². The Morgan fingerprint density at radius 1 is 1.03 bits per heavy atom. The molecule has 4 nitrogen and oxygen atoms in total. The van der Waals surface area contributed by atoms with E-state index >= 15 is 0 Å². The van der Waals surface area contributed by atoms with Gasteiger partial charge in [-0.25, -0.2) is 0 Å². The minimum absolute atomic E-state index is 0.0912. The van der Waals surface area contributed by atoms with Crippen LogP contribution in [-0.4, -0.2) is 11.9 Å². The molecular formula is C26H29NO3. The molecule has 1 N–H and O–H groups in total. The van der Waals surface area contributed by atoms with Crippen molar-refractivity contribution in [2.45, 2.75) is 64.8 Å². The first-order chi connectivity index (χ1) is 14.5. The molecule has 2 aromatic carbocycles. The third-order valence-electron chi connectivity index (χ3n) is 6.17. The molecule has 1 aliphatic rings. The molecule has 0 unspecified atom stereocenters. The second-order valence-electron chi connectivity index (χ2n) is 8.65. The SMILES string of the molecule is Cc1c(-c2ccc(C(C)C)cc2)oc2c(C(=O)NC3CCCCC3)cccc2c1=O. The molecular weight excluding hydrogens is 374 g/mol. The van der Waals surface area contributed by atoms with Gasteiger partial charge in [0.2, 0.25) is 0 Å². The van der Waals surface area contributed by atoms with Gasteiger partial charge < -0.3 is 9.73 Å². The molecule has 4 rings (SSSR count). The molecule has 3 aromatic rings.